The van der Waals surface area contributed by atoms with Crippen LogP contribution >= 0.6 is 23.1 Å². The number of hydrogen-bond acceptors (Lipinski definition) is 6. The van der Waals surface area contributed by atoms with Gasteiger partial charge < -0.3 is 15.4 Å². The number of methoxy groups -OCH3 is 1. The largest absolute Gasteiger partial charge is 0.465 e. The first-order valence-electron chi connectivity index (χ1n) is 11.0. The molecule has 1 unspecified atom stereocenters. The van der Waals surface area contributed by atoms with E-state index in [1.807, 2.05) is 31.2 Å². The summed E-state index contributed by atoms with van der Waals surface area (Å²) in [5.41, 5.74) is 2.26. The Bertz CT molecular complexity index is 986. The van der Waals surface area contributed by atoms with Gasteiger partial charge in [-0.1, -0.05) is 25.8 Å². The number of rotatable bonds is 7. The van der Waals surface area contributed by atoms with Crippen LogP contribution in [0.1, 0.15) is 66.8 Å². The monoisotopic (exact) mass is 474 g/mol. The van der Waals surface area contributed by atoms with E-state index in [4.69, 9.17) is 4.74 Å². The number of esters is 1. The van der Waals surface area contributed by atoms with E-state index >= 15 is 0 Å². The molecular formula is C24H30N2O4S2. The number of hydrogen-bond donors (Lipinski definition) is 2. The van der Waals surface area contributed by atoms with Crippen LogP contribution in [0.4, 0.5) is 10.7 Å². The molecule has 3 rings (SSSR count). The van der Waals surface area contributed by atoms with Crippen molar-refractivity contribution < 1.29 is 19.1 Å². The second kappa shape index (κ2) is 11.5. The minimum atomic E-state index is -0.387. The molecule has 2 amide bonds. The molecule has 0 radical (unpaired) electrons. The van der Waals surface area contributed by atoms with Crippen molar-refractivity contribution in [2.75, 3.05) is 17.7 Å². The zero-order chi connectivity index (χ0) is 23.1. The number of carbonyl (C=O) groups excluding carboxylic acids is 3. The first-order chi connectivity index (χ1) is 15.4. The number of carbonyl (C=O) groups is 3. The molecule has 6 nitrogen and oxygen atoms in total. The first-order valence-corrected chi connectivity index (χ1v) is 12.7. The van der Waals surface area contributed by atoms with Crippen molar-refractivity contribution >= 4 is 51.6 Å². The predicted molar refractivity (Wildman–Crippen MR) is 131 cm³/mol. The van der Waals surface area contributed by atoms with Gasteiger partial charge in [-0.2, -0.15) is 0 Å². The van der Waals surface area contributed by atoms with Gasteiger partial charge in [0.15, 0.2) is 0 Å². The molecule has 0 aliphatic heterocycles. The Labute approximate surface area is 197 Å². The molecule has 1 atom stereocenters. The van der Waals surface area contributed by atoms with Gasteiger partial charge in [-0.15, -0.1) is 23.1 Å². The van der Waals surface area contributed by atoms with Crippen LogP contribution in [0.15, 0.2) is 29.2 Å². The fourth-order valence-electron chi connectivity index (χ4n) is 3.85. The highest BCUT2D eigenvalue weighted by atomic mass is 32.2. The second-order valence-electron chi connectivity index (χ2n) is 7.83. The summed E-state index contributed by atoms with van der Waals surface area (Å²) in [6, 6.07) is 7.45. The number of ether oxygens (including phenoxy) is 1. The highest BCUT2D eigenvalue weighted by molar-refractivity contribution is 8.00. The molecule has 1 heterocycles. The highest BCUT2D eigenvalue weighted by Crippen LogP contribution is 2.38. The lowest BCUT2D eigenvalue weighted by Crippen LogP contribution is -2.25. The third-order valence-electron chi connectivity index (χ3n) is 5.39. The van der Waals surface area contributed by atoms with Crippen LogP contribution in [0.5, 0.6) is 0 Å². The number of thiophene rings is 1. The topological polar surface area (TPSA) is 84.5 Å². The van der Waals surface area contributed by atoms with Crippen molar-refractivity contribution in [2.45, 2.75) is 68.9 Å². The van der Waals surface area contributed by atoms with Crippen LogP contribution in [0.25, 0.3) is 0 Å². The van der Waals surface area contributed by atoms with Gasteiger partial charge >= 0.3 is 5.97 Å². The number of nitrogens with one attached hydrogen (secondary N) is 2. The van der Waals surface area contributed by atoms with Gasteiger partial charge in [-0.05, 0) is 55.9 Å². The average molecular weight is 475 g/mol. The predicted octanol–water partition coefficient (Wildman–Crippen LogP) is 5.66. The van der Waals surface area contributed by atoms with E-state index in [0.717, 1.165) is 42.6 Å². The lowest BCUT2D eigenvalue weighted by Gasteiger charge is -2.15. The summed E-state index contributed by atoms with van der Waals surface area (Å²) < 4.78 is 5.06. The van der Waals surface area contributed by atoms with Crippen LogP contribution in [0.3, 0.4) is 0 Å². The van der Waals surface area contributed by atoms with Crippen LogP contribution in [-0.4, -0.2) is 30.1 Å². The Kier molecular flexibility index (Phi) is 8.75. The van der Waals surface area contributed by atoms with Gasteiger partial charge in [0.05, 0.1) is 17.9 Å². The molecule has 1 aromatic carbocycles. The zero-order valence-corrected chi connectivity index (χ0v) is 20.4. The lowest BCUT2D eigenvalue weighted by molar-refractivity contribution is -0.116. The van der Waals surface area contributed by atoms with E-state index in [-0.39, 0.29) is 23.0 Å². The van der Waals surface area contributed by atoms with Gasteiger partial charge in [0, 0.05) is 22.4 Å². The summed E-state index contributed by atoms with van der Waals surface area (Å²) in [5.74, 6) is -0.663. The Morgan fingerprint density at radius 1 is 1.12 bits per heavy atom. The molecule has 8 heteroatoms. The molecule has 1 aliphatic carbocycles. The average Bonchev–Trinajstić information content (AvgIpc) is 3.07. The molecule has 0 bridgehead atoms. The Hall–Kier alpha value is -2.32. The van der Waals surface area contributed by atoms with Crippen LogP contribution in [-0.2, 0) is 27.2 Å². The van der Waals surface area contributed by atoms with Crippen molar-refractivity contribution in [2.24, 2.45) is 0 Å². The van der Waals surface area contributed by atoms with Crippen LogP contribution in [0, 0.1) is 0 Å². The van der Waals surface area contributed by atoms with E-state index < -0.39 is 0 Å². The molecular weight excluding hydrogens is 444 g/mol. The summed E-state index contributed by atoms with van der Waals surface area (Å²) in [6.45, 7) is 3.43. The van der Waals surface area contributed by atoms with Crippen molar-refractivity contribution in [1.82, 2.24) is 0 Å². The van der Waals surface area contributed by atoms with Gasteiger partial charge in [0.25, 0.3) is 0 Å². The van der Waals surface area contributed by atoms with E-state index in [1.54, 1.807) is 0 Å². The van der Waals surface area contributed by atoms with Gasteiger partial charge in [-0.25, -0.2) is 4.79 Å². The zero-order valence-electron chi connectivity index (χ0n) is 18.8. The minimum absolute atomic E-state index is 0.137. The number of fused-ring (bicyclic) bond motifs is 1. The van der Waals surface area contributed by atoms with Crippen LogP contribution in [0.2, 0.25) is 0 Å². The van der Waals surface area contributed by atoms with Crippen molar-refractivity contribution in [3.63, 3.8) is 0 Å². The Morgan fingerprint density at radius 2 is 1.88 bits per heavy atom. The maximum Gasteiger partial charge on any atom is 0.341 e. The number of thioether (sulfide) groups is 1. The summed E-state index contributed by atoms with van der Waals surface area (Å²) in [5, 5.41) is 6.06. The van der Waals surface area contributed by atoms with E-state index in [2.05, 4.69) is 10.6 Å². The Balaban J connectivity index is 1.81. The fourth-order valence-corrected chi connectivity index (χ4v) is 6.15. The van der Waals surface area contributed by atoms with E-state index in [1.165, 1.54) is 48.4 Å². The fraction of sp³-hybridized carbons (Fsp3) is 0.458. The molecule has 0 saturated carbocycles. The molecule has 32 heavy (non-hydrogen) atoms. The standard InChI is InChI=1S/C24H30N2O4S2/c1-4-19(31-17-11-9-10-16(14-17)25-15(2)27)22(28)26-23-21(24(29)30-3)18-12-7-5-6-8-13-20(18)32-23/h9-11,14,19H,4-8,12-13H2,1-3H3,(H,25,27)(H,26,28). The molecule has 2 N–H and O–H groups in total. The quantitative estimate of drug-likeness (QED) is 0.399. The van der Waals surface area contributed by atoms with Crippen molar-refractivity contribution in [3.05, 3.63) is 40.3 Å². The van der Waals surface area contributed by atoms with Crippen molar-refractivity contribution in [3.8, 4) is 0 Å². The number of amides is 2. The number of benzene rings is 1. The molecule has 1 aliphatic rings. The van der Waals surface area contributed by atoms with Gasteiger partial charge in [0.2, 0.25) is 11.8 Å². The second-order valence-corrected chi connectivity index (χ2v) is 10.2. The molecule has 0 spiro atoms. The number of anilines is 2. The SMILES string of the molecule is CCC(Sc1cccc(NC(C)=O)c1)C(=O)Nc1sc2c(c1C(=O)OC)CCCCCC2. The smallest absolute Gasteiger partial charge is 0.341 e. The molecule has 0 fully saturated rings. The summed E-state index contributed by atoms with van der Waals surface area (Å²) >= 11 is 2.95. The van der Waals surface area contributed by atoms with Gasteiger partial charge in [-0.3, -0.25) is 9.59 Å². The lowest BCUT2D eigenvalue weighted by atomic mass is 9.96. The third kappa shape index (κ3) is 6.13. The third-order valence-corrected chi connectivity index (χ3v) is 7.96. The first kappa shape index (κ1) is 24.3. The Morgan fingerprint density at radius 3 is 2.56 bits per heavy atom. The minimum Gasteiger partial charge on any atom is -0.465 e. The van der Waals surface area contributed by atoms with Crippen LogP contribution < -0.4 is 10.6 Å². The van der Waals surface area contributed by atoms with E-state index in [9.17, 15) is 14.4 Å². The highest BCUT2D eigenvalue weighted by Gasteiger charge is 2.27. The maximum absolute atomic E-state index is 13.2. The van der Waals surface area contributed by atoms with E-state index in [0.29, 0.717) is 22.7 Å². The molecule has 0 saturated heterocycles. The van der Waals surface area contributed by atoms with Gasteiger partial charge in [0.1, 0.15) is 5.00 Å². The molecule has 172 valence electrons. The van der Waals surface area contributed by atoms with Crippen molar-refractivity contribution in [1.29, 1.82) is 0 Å². The molecule has 2 aromatic rings. The number of aryl methyl sites for hydroxylation is 1. The summed E-state index contributed by atoms with van der Waals surface area (Å²) in [4.78, 5) is 39.2. The summed E-state index contributed by atoms with van der Waals surface area (Å²) in [7, 11) is 1.38. The maximum atomic E-state index is 13.2. The summed E-state index contributed by atoms with van der Waals surface area (Å²) in [6.07, 6.45) is 6.89. The normalized spacial score (nSPS) is 14.5. The molecule has 1 aromatic heterocycles.